The van der Waals surface area contributed by atoms with Crippen LogP contribution in [-0.2, 0) is 0 Å². The summed E-state index contributed by atoms with van der Waals surface area (Å²) < 4.78 is 2.00. The molecule has 18 heavy (non-hydrogen) atoms. The van der Waals surface area contributed by atoms with Gasteiger partial charge in [0.15, 0.2) is 5.82 Å². The highest BCUT2D eigenvalue weighted by atomic mass is 16.3. The molecule has 0 aromatic carbocycles. The van der Waals surface area contributed by atoms with Gasteiger partial charge in [0, 0.05) is 18.3 Å². The summed E-state index contributed by atoms with van der Waals surface area (Å²) in [5.74, 6) is 2.26. The Balaban J connectivity index is 1.96. The maximum absolute atomic E-state index is 9.23. The van der Waals surface area contributed by atoms with Gasteiger partial charge in [-0.2, -0.15) is 0 Å². The average molecular weight is 247 g/mol. The second kappa shape index (κ2) is 4.53. The number of rotatable bonds is 5. The topological polar surface area (TPSA) is 75.3 Å². The molecule has 2 heterocycles. The van der Waals surface area contributed by atoms with Crippen LogP contribution in [0, 0.1) is 0 Å². The third-order valence-electron chi connectivity index (χ3n) is 3.35. The number of aliphatic hydroxyl groups excluding tert-OH is 1. The van der Waals surface area contributed by atoms with Gasteiger partial charge in [-0.1, -0.05) is 6.92 Å². The summed E-state index contributed by atoms with van der Waals surface area (Å²) in [6.45, 7) is 2.11. The van der Waals surface area contributed by atoms with Crippen molar-refractivity contribution in [3.63, 3.8) is 0 Å². The number of aliphatic hydroxyl groups is 1. The van der Waals surface area contributed by atoms with Gasteiger partial charge in [-0.05, 0) is 19.3 Å². The van der Waals surface area contributed by atoms with Crippen molar-refractivity contribution in [3.05, 3.63) is 18.2 Å². The van der Waals surface area contributed by atoms with E-state index in [2.05, 4.69) is 20.5 Å². The Labute approximate surface area is 105 Å². The summed E-state index contributed by atoms with van der Waals surface area (Å²) in [5, 5.41) is 20.9. The zero-order chi connectivity index (χ0) is 12.5. The smallest absolute Gasteiger partial charge is 0.203 e. The zero-order valence-corrected chi connectivity index (χ0v) is 10.4. The molecule has 0 radical (unpaired) electrons. The van der Waals surface area contributed by atoms with Crippen molar-refractivity contribution in [2.45, 2.75) is 38.1 Å². The summed E-state index contributed by atoms with van der Waals surface area (Å²) in [7, 11) is 0. The SMILES string of the molecule is CCC(CO)Nc1nccn2c(C3CC3)nnc12. The third kappa shape index (κ3) is 1.92. The predicted molar refractivity (Wildman–Crippen MR) is 67.5 cm³/mol. The van der Waals surface area contributed by atoms with Crippen molar-refractivity contribution in [3.8, 4) is 0 Å². The van der Waals surface area contributed by atoms with Crippen LogP contribution in [0.2, 0.25) is 0 Å². The van der Waals surface area contributed by atoms with Gasteiger partial charge in [-0.15, -0.1) is 10.2 Å². The molecule has 6 nitrogen and oxygen atoms in total. The van der Waals surface area contributed by atoms with Crippen LogP contribution in [0.15, 0.2) is 12.4 Å². The van der Waals surface area contributed by atoms with Gasteiger partial charge in [-0.3, -0.25) is 4.40 Å². The minimum atomic E-state index is 0.00442. The summed E-state index contributed by atoms with van der Waals surface area (Å²) in [5.41, 5.74) is 0.742. The van der Waals surface area contributed by atoms with Gasteiger partial charge in [-0.25, -0.2) is 4.98 Å². The maximum atomic E-state index is 9.23. The van der Waals surface area contributed by atoms with Crippen molar-refractivity contribution < 1.29 is 5.11 Å². The van der Waals surface area contributed by atoms with E-state index in [-0.39, 0.29) is 12.6 Å². The van der Waals surface area contributed by atoms with Gasteiger partial charge in [0.05, 0.1) is 12.6 Å². The minimum Gasteiger partial charge on any atom is -0.394 e. The van der Waals surface area contributed by atoms with Crippen LogP contribution in [0.5, 0.6) is 0 Å². The Kier molecular flexibility index (Phi) is 2.87. The van der Waals surface area contributed by atoms with Crippen molar-refractivity contribution in [2.24, 2.45) is 0 Å². The second-order valence-corrected chi connectivity index (χ2v) is 4.73. The molecule has 2 aromatic heterocycles. The molecule has 96 valence electrons. The lowest BCUT2D eigenvalue weighted by molar-refractivity contribution is 0.271. The van der Waals surface area contributed by atoms with Crippen molar-refractivity contribution >= 4 is 11.5 Å². The molecule has 6 heteroatoms. The van der Waals surface area contributed by atoms with E-state index in [1.54, 1.807) is 6.20 Å². The molecular weight excluding hydrogens is 230 g/mol. The number of hydrogen-bond acceptors (Lipinski definition) is 5. The normalized spacial score (nSPS) is 17.0. The summed E-state index contributed by atoms with van der Waals surface area (Å²) in [6, 6.07) is 0.00442. The Morgan fingerprint density at radius 1 is 1.50 bits per heavy atom. The molecule has 0 aliphatic heterocycles. The lowest BCUT2D eigenvalue weighted by Gasteiger charge is -2.14. The molecule has 1 fully saturated rings. The fraction of sp³-hybridized carbons (Fsp3) is 0.583. The monoisotopic (exact) mass is 247 g/mol. The number of aromatic nitrogens is 4. The number of anilines is 1. The Hall–Kier alpha value is -1.69. The zero-order valence-electron chi connectivity index (χ0n) is 10.4. The molecule has 0 bridgehead atoms. The predicted octanol–water partition coefficient (Wildman–Crippen LogP) is 1.18. The summed E-state index contributed by atoms with van der Waals surface area (Å²) >= 11 is 0. The third-order valence-corrected chi connectivity index (χ3v) is 3.35. The van der Waals surface area contributed by atoms with Gasteiger partial charge < -0.3 is 10.4 Å². The molecule has 1 unspecified atom stereocenters. The van der Waals surface area contributed by atoms with Crippen LogP contribution in [0.3, 0.4) is 0 Å². The van der Waals surface area contributed by atoms with E-state index in [0.29, 0.717) is 11.7 Å². The van der Waals surface area contributed by atoms with Crippen molar-refractivity contribution in [1.29, 1.82) is 0 Å². The Morgan fingerprint density at radius 2 is 2.33 bits per heavy atom. The van der Waals surface area contributed by atoms with Crippen molar-refractivity contribution in [2.75, 3.05) is 11.9 Å². The first-order chi connectivity index (χ1) is 8.83. The quantitative estimate of drug-likeness (QED) is 0.830. The van der Waals surface area contributed by atoms with E-state index >= 15 is 0 Å². The molecule has 3 rings (SSSR count). The van der Waals surface area contributed by atoms with Gasteiger partial charge in [0.1, 0.15) is 5.82 Å². The van der Waals surface area contributed by atoms with Crippen LogP contribution in [0.1, 0.15) is 37.9 Å². The van der Waals surface area contributed by atoms with Crippen LogP contribution < -0.4 is 5.32 Å². The fourth-order valence-electron chi connectivity index (χ4n) is 2.04. The van der Waals surface area contributed by atoms with E-state index in [0.717, 1.165) is 17.9 Å². The first-order valence-electron chi connectivity index (χ1n) is 6.40. The summed E-state index contributed by atoms with van der Waals surface area (Å²) in [6.07, 6.45) is 6.87. The first kappa shape index (κ1) is 11.4. The molecule has 2 aromatic rings. The fourth-order valence-corrected chi connectivity index (χ4v) is 2.04. The van der Waals surface area contributed by atoms with Crippen LogP contribution >= 0.6 is 0 Å². The molecular formula is C12H17N5O. The molecule has 1 aliphatic carbocycles. The molecule has 1 aliphatic rings. The van der Waals surface area contributed by atoms with Crippen molar-refractivity contribution in [1.82, 2.24) is 19.6 Å². The highest BCUT2D eigenvalue weighted by Gasteiger charge is 2.29. The molecule has 1 saturated carbocycles. The number of nitrogens with one attached hydrogen (secondary N) is 1. The Morgan fingerprint density at radius 3 is 3.00 bits per heavy atom. The lowest BCUT2D eigenvalue weighted by atomic mass is 10.2. The van der Waals surface area contributed by atoms with E-state index in [1.165, 1.54) is 12.8 Å². The number of fused-ring (bicyclic) bond motifs is 1. The largest absolute Gasteiger partial charge is 0.394 e. The molecule has 1 atom stereocenters. The molecule has 2 N–H and O–H groups in total. The lowest BCUT2D eigenvalue weighted by Crippen LogP contribution is -2.23. The molecule has 0 amide bonds. The second-order valence-electron chi connectivity index (χ2n) is 4.73. The Bertz CT molecular complexity index is 544. The van der Waals surface area contributed by atoms with Crippen LogP contribution in [0.4, 0.5) is 5.82 Å². The average Bonchev–Trinajstić information content (AvgIpc) is 3.15. The molecule has 0 spiro atoms. The summed E-state index contributed by atoms with van der Waals surface area (Å²) in [4.78, 5) is 4.29. The first-order valence-corrected chi connectivity index (χ1v) is 6.40. The van der Waals surface area contributed by atoms with Crippen LogP contribution in [-0.4, -0.2) is 37.3 Å². The van der Waals surface area contributed by atoms with Gasteiger partial charge in [0.2, 0.25) is 5.65 Å². The number of hydrogen-bond donors (Lipinski definition) is 2. The van der Waals surface area contributed by atoms with Gasteiger partial charge >= 0.3 is 0 Å². The van der Waals surface area contributed by atoms with Crippen LogP contribution in [0.25, 0.3) is 5.65 Å². The van der Waals surface area contributed by atoms with E-state index in [4.69, 9.17) is 0 Å². The number of nitrogens with zero attached hydrogens (tertiary/aromatic N) is 4. The van der Waals surface area contributed by atoms with E-state index < -0.39 is 0 Å². The van der Waals surface area contributed by atoms with Gasteiger partial charge in [0.25, 0.3) is 0 Å². The highest BCUT2D eigenvalue weighted by Crippen LogP contribution is 2.39. The van der Waals surface area contributed by atoms with E-state index in [9.17, 15) is 5.11 Å². The minimum absolute atomic E-state index is 0.00442. The van der Waals surface area contributed by atoms with E-state index in [1.807, 2.05) is 17.5 Å². The molecule has 0 saturated heterocycles. The highest BCUT2D eigenvalue weighted by molar-refractivity contribution is 5.62. The maximum Gasteiger partial charge on any atom is 0.203 e. The standard InChI is InChI=1S/C12H17N5O/c1-2-9(7-18)14-10-12-16-15-11(8-3-4-8)17(12)6-5-13-10/h5-6,8-9,18H,2-4,7H2,1H3,(H,13,14).